The van der Waals surface area contributed by atoms with Crippen LogP contribution < -0.4 is 5.32 Å². The molecule has 0 radical (unpaired) electrons. The molecule has 4 bridgehead atoms. The van der Waals surface area contributed by atoms with E-state index < -0.39 is 11.6 Å². The van der Waals surface area contributed by atoms with Crippen molar-refractivity contribution in [1.82, 2.24) is 15.2 Å². The van der Waals surface area contributed by atoms with Gasteiger partial charge in [-0.3, -0.25) is 4.79 Å². The number of alkyl carbamates (subject to hydrolysis) is 1. The molecule has 6 nitrogen and oxygen atoms in total. The standard InChI is InChI=1S/C32H39N3O3/c1-32(19-26-20-33-28-11-7-6-10-27(26)28,30(36)35(2)13-12-21-8-4-3-5-9-21)34-31(37)38-29-24-15-22-14-23(17-24)18-25(29)16-22/h3-11,20,22-25,29,33H,12-19H2,1-2H3,(H,34,37)/t22?,23?,24?,25?,29?,32-/m1/s1. The molecule has 38 heavy (non-hydrogen) atoms. The van der Waals surface area contributed by atoms with Gasteiger partial charge in [0.1, 0.15) is 11.6 Å². The molecule has 7 rings (SSSR count). The van der Waals surface area contributed by atoms with Gasteiger partial charge < -0.3 is 19.9 Å². The monoisotopic (exact) mass is 513 g/mol. The Morgan fingerprint density at radius 1 is 0.974 bits per heavy atom. The number of fused-ring (bicyclic) bond motifs is 1. The summed E-state index contributed by atoms with van der Waals surface area (Å²) in [7, 11) is 1.82. The van der Waals surface area contributed by atoms with Crippen LogP contribution in [0.5, 0.6) is 0 Å². The van der Waals surface area contributed by atoms with Gasteiger partial charge in [-0.2, -0.15) is 0 Å². The van der Waals surface area contributed by atoms with Crippen molar-refractivity contribution in [3.05, 3.63) is 71.9 Å². The molecule has 2 N–H and O–H groups in total. The second-order valence-corrected chi connectivity index (χ2v) is 12.3. The van der Waals surface area contributed by atoms with Gasteiger partial charge in [-0.05, 0) is 86.3 Å². The minimum absolute atomic E-state index is 0.0222. The van der Waals surface area contributed by atoms with Crippen molar-refractivity contribution in [2.24, 2.45) is 23.7 Å². The second-order valence-electron chi connectivity index (χ2n) is 12.3. The molecule has 2 aromatic carbocycles. The van der Waals surface area contributed by atoms with Crippen LogP contribution in [0.1, 0.15) is 50.2 Å². The molecule has 4 saturated carbocycles. The molecule has 200 valence electrons. The number of likely N-dealkylation sites (N-methyl/N-ethyl adjacent to an activating group) is 1. The zero-order valence-electron chi connectivity index (χ0n) is 22.5. The predicted octanol–water partition coefficient (Wildman–Crippen LogP) is 5.72. The molecule has 4 aliphatic carbocycles. The summed E-state index contributed by atoms with van der Waals surface area (Å²) in [6.07, 6.45) is 8.67. The average Bonchev–Trinajstić information content (AvgIpc) is 3.31. The van der Waals surface area contributed by atoms with E-state index in [1.165, 1.54) is 37.7 Å². The summed E-state index contributed by atoms with van der Waals surface area (Å²) in [4.78, 5) is 32.5. The first-order valence-corrected chi connectivity index (χ1v) is 14.2. The van der Waals surface area contributed by atoms with Crippen LogP contribution in [0.25, 0.3) is 10.9 Å². The quantitative estimate of drug-likeness (QED) is 0.405. The topological polar surface area (TPSA) is 74.4 Å². The molecule has 1 heterocycles. The number of H-pyrrole nitrogens is 1. The smallest absolute Gasteiger partial charge is 0.408 e. The highest BCUT2D eigenvalue weighted by Crippen LogP contribution is 2.54. The number of aromatic nitrogens is 1. The Bertz CT molecular complexity index is 1270. The summed E-state index contributed by atoms with van der Waals surface area (Å²) in [5, 5.41) is 4.13. The summed E-state index contributed by atoms with van der Waals surface area (Å²) < 4.78 is 6.16. The number of para-hydroxylation sites is 1. The fourth-order valence-electron chi connectivity index (χ4n) is 7.74. The first-order chi connectivity index (χ1) is 18.4. The number of ether oxygens (including phenoxy) is 1. The van der Waals surface area contributed by atoms with Crippen LogP contribution in [-0.2, 0) is 22.4 Å². The number of carbonyl (C=O) groups excluding carboxylic acids is 2. The Morgan fingerprint density at radius 3 is 2.34 bits per heavy atom. The van der Waals surface area contributed by atoms with E-state index in [0.29, 0.717) is 24.8 Å². The Morgan fingerprint density at radius 2 is 1.63 bits per heavy atom. The van der Waals surface area contributed by atoms with Crippen LogP contribution in [0.15, 0.2) is 60.8 Å². The minimum atomic E-state index is -1.14. The van der Waals surface area contributed by atoms with E-state index in [1.54, 1.807) is 4.90 Å². The van der Waals surface area contributed by atoms with Crippen LogP contribution in [0.2, 0.25) is 0 Å². The first kappa shape index (κ1) is 25.0. The molecule has 0 aliphatic heterocycles. The number of benzene rings is 2. The number of hydrogen-bond acceptors (Lipinski definition) is 3. The summed E-state index contributed by atoms with van der Waals surface area (Å²) >= 11 is 0. The number of carbonyl (C=O) groups is 2. The Hall–Kier alpha value is -3.28. The molecule has 2 amide bonds. The highest BCUT2D eigenvalue weighted by atomic mass is 16.6. The SMILES string of the molecule is CN(CCc1ccccc1)C(=O)[C@@](C)(Cc1c[nH]c2ccccc12)NC(=O)OC1C2CC3CC(C2)CC1C3. The van der Waals surface area contributed by atoms with E-state index in [9.17, 15) is 9.59 Å². The van der Waals surface area contributed by atoms with Gasteiger partial charge in [0.25, 0.3) is 0 Å². The minimum Gasteiger partial charge on any atom is -0.446 e. The summed E-state index contributed by atoms with van der Waals surface area (Å²) in [5.74, 6) is 2.46. The van der Waals surface area contributed by atoms with Crippen LogP contribution >= 0.6 is 0 Å². The lowest BCUT2D eigenvalue weighted by Gasteiger charge is -2.53. The molecule has 3 aromatic rings. The van der Waals surface area contributed by atoms with Crippen molar-refractivity contribution in [1.29, 1.82) is 0 Å². The van der Waals surface area contributed by atoms with Crippen molar-refractivity contribution in [2.75, 3.05) is 13.6 Å². The van der Waals surface area contributed by atoms with Gasteiger partial charge in [0.05, 0.1) is 0 Å². The fourth-order valence-corrected chi connectivity index (χ4v) is 7.74. The van der Waals surface area contributed by atoms with Crippen molar-refractivity contribution < 1.29 is 14.3 Å². The van der Waals surface area contributed by atoms with Gasteiger partial charge in [0.2, 0.25) is 5.91 Å². The van der Waals surface area contributed by atoms with Gasteiger partial charge in [-0.15, -0.1) is 0 Å². The summed E-state index contributed by atoms with van der Waals surface area (Å²) in [6, 6.07) is 18.2. The van der Waals surface area contributed by atoms with Crippen molar-refractivity contribution in [3.63, 3.8) is 0 Å². The van der Waals surface area contributed by atoms with Gasteiger partial charge in [-0.1, -0.05) is 48.5 Å². The predicted molar refractivity (Wildman–Crippen MR) is 149 cm³/mol. The highest BCUT2D eigenvalue weighted by molar-refractivity contribution is 5.91. The second kappa shape index (κ2) is 10.1. The van der Waals surface area contributed by atoms with Crippen molar-refractivity contribution in [3.8, 4) is 0 Å². The van der Waals surface area contributed by atoms with Gasteiger partial charge >= 0.3 is 6.09 Å². The largest absolute Gasteiger partial charge is 0.446 e. The third-order valence-electron chi connectivity index (χ3n) is 9.38. The molecule has 4 aliphatic rings. The van der Waals surface area contributed by atoms with Gasteiger partial charge in [0, 0.05) is 37.1 Å². The average molecular weight is 514 g/mol. The van der Waals surface area contributed by atoms with Gasteiger partial charge in [-0.25, -0.2) is 4.79 Å². The molecule has 1 atom stereocenters. The number of aromatic amines is 1. The summed E-state index contributed by atoms with van der Waals surface area (Å²) in [5.41, 5.74) is 2.06. The van der Waals surface area contributed by atoms with E-state index in [2.05, 4.69) is 28.5 Å². The van der Waals surface area contributed by atoms with Gasteiger partial charge in [0.15, 0.2) is 0 Å². The molecule has 0 unspecified atom stereocenters. The third-order valence-corrected chi connectivity index (χ3v) is 9.38. The maximum atomic E-state index is 14.0. The molecule has 6 heteroatoms. The van der Waals surface area contributed by atoms with E-state index in [-0.39, 0.29) is 12.0 Å². The number of nitrogens with one attached hydrogen (secondary N) is 2. The molecule has 4 fully saturated rings. The van der Waals surface area contributed by atoms with Crippen molar-refractivity contribution >= 4 is 22.9 Å². The van der Waals surface area contributed by atoms with Crippen LogP contribution in [-0.4, -0.2) is 47.1 Å². The third kappa shape index (κ3) is 4.93. The van der Waals surface area contributed by atoms with Crippen LogP contribution in [0, 0.1) is 23.7 Å². The first-order valence-electron chi connectivity index (χ1n) is 14.2. The number of rotatable bonds is 8. The summed E-state index contributed by atoms with van der Waals surface area (Å²) in [6.45, 7) is 2.41. The maximum absolute atomic E-state index is 14.0. The Kier molecular flexibility index (Phi) is 6.67. The van der Waals surface area contributed by atoms with Crippen molar-refractivity contribution in [2.45, 2.75) is 63.5 Å². The lowest BCUT2D eigenvalue weighted by molar-refractivity contribution is -0.137. The van der Waals surface area contributed by atoms with Crippen LogP contribution in [0.4, 0.5) is 4.79 Å². The zero-order valence-corrected chi connectivity index (χ0v) is 22.5. The molecular weight excluding hydrogens is 474 g/mol. The zero-order chi connectivity index (χ0) is 26.3. The fraction of sp³-hybridized carbons (Fsp3) is 0.500. The van der Waals surface area contributed by atoms with E-state index in [1.807, 2.05) is 56.6 Å². The molecular formula is C32H39N3O3. The maximum Gasteiger partial charge on any atom is 0.408 e. The highest BCUT2D eigenvalue weighted by Gasteiger charge is 2.50. The Labute approximate surface area is 225 Å². The Balaban J connectivity index is 1.20. The molecule has 0 spiro atoms. The number of amides is 2. The lowest BCUT2D eigenvalue weighted by Crippen LogP contribution is -2.60. The van der Waals surface area contributed by atoms with E-state index >= 15 is 0 Å². The normalized spacial score (nSPS) is 27.2. The lowest BCUT2D eigenvalue weighted by atomic mass is 9.55. The molecule has 0 saturated heterocycles. The van der Waals surface area contributed by atoms with E-state index in [0.717, 1.165) is 34.7 Å². The van der Waals surface area contributed by atoms with E-state index in [4.69, 9.17) is 4.74 Å². The van der Waals surface area contributed by atoms with Crippen LogP contribution in [0.3, 0.4) is 0 Å². The molecule has 1 aromatic heterocycles. The number of nitrogens with zero attached hydrogens (tertiary/aromatic N) is 1. The number of hydrogen-bond donors (Lipinski definition) is 2.